The summed E-state index contributed by atoms with van der Waals surface area (Å²) < 4.78 is 13.9. The molecule has 1 saturated heterocycles. The number of nitro groups is 1. The maximum absolute atomic E-state index is 13.6. The molecule has 1 aliphatic rings. The number of hydrogen-bond donors (Lipinski definition) is 1. The average molecular weight is 365 g/mol. The molecule has 1 fully saturated rings. The van der Waals surface area contributed by atoms with Crippen LogP contribution >= 0.6 is 22.6 Å². The van der Waals surface area contributed by atoms with Gasteiger partial charge in [-0.05, 0) is 35.6 Å². The van der Waals surface area contributed by atoms with Crippen molar-refractivity contribution in [2.24, 2.45) is 0 Å². The SMILES string of the molecule is CN(c1cc(F)c(I)cc1[N+](=O)[O-])C1CCNC1. The number of nitro benzene ring substituents is 1. The lowest BCUT2D eigenvalue weighted by molar-refractivity contribution is -0.384. The van der Waals surface area contributed by atoms with Crippen molar-refractivity contribution in [2.45, 2.75) is 12.5 Å². The van der Waals surface area contributed by atoms with E-state index < -0.39 is 10.7 Å². The molecular weight excluding hydrogens is 352 g/mol. The molecule has 1 unspecified atom stereocenters. The molecule has 7 heteroatoms. The zero-order valence-electron chi connectivity index (χ0n) is 9.82. The molecule has 1 aromatic rings. The highest BCUT2D eigenvalue weighted by molar-refractivity contribution is 14.1. The standard InChI is InChI=1S/C11H13FIN3O2/c1-15(7-2-3-14-6-7)10-4-8(12)9(13)5-11(10)16(17)18/h4-5,7,14H,2-3,6H2,1H3. The first kappa shape index (κ1) is 13.5. The van der Waals surface area contributed by atoms with Gasteiger partial charge in [-0.3, -0.25) is 10.1 Å². The Kier molecular flexibility index (Phi) is 4.00. The second kappa shape index (κ2) is 5.35. The summed E-state index contributed by atoms with van der Waals surface area (Å²) in [6.07, 6.45) is 0.904. The fraction of sp³-hybridized carbons (Fsp3) is 0.455. The van der Waals surface area contributed by atoms with Crippen molar-refractivity contribution < 1.29 is 9.31 Å². The highest BCUT2D eigenvalue weighted by Crippen LogP contribution is 2.32. The fourth-order valence-electron chi connectivity index (χ4n) is 2.12. The quantitative estimate of drug-likeness (QED) is 0.507. The molecule has 5 nitrogen and oxygen atoms in total. The summed E-state index contributed by atoms with van der Waals surface area (Å²) >= 11 is 1.76. The molecule has 0 amide bonds. The van der Waals surface area contributed by atoms with Crippen LogP contribution in [0.3, 0.4) is 0 Å². The lowest BCUT2D eigenvalue weighted by Gasteiger charge is -2.25. The average Bonchev–Trinajstić information content (AvgIpc) is 2.84. The van der Waals surface area contributed by atoms with E-state index in [0.717, 1.165) is 19.5 Å². The lowest BCUT2D eigenvalue weighted by Crippen LogP contribution is -2.33. The summed E-state index contributed by atoms with van der Waals surface area (Å²) in [5.41, 5.74) is 0.293. The molecule has 1 N–H and O–H groups in total. The zero-order chi connectivity index (χ0) is 13.3. The predicted molar refractivity (Wildman–Crippen MR) is 75.4 cm³/mol. The molecule has 0 aliphatic carbocycles. The van der Waals surface area contributed by atoms with Crippen molar-refractivity contribution in [3.8, 4) is 0 Å². The first-order chi connectivity index (χ1) is 8.50. The van der Waals surface area contributed by atoms with Gasteiger partial charge in [-0.2, -0.15) is 0 Å². The van der Waals surface area contributed by atoms with Gasteiger partial charge in [0.1, 0.15) is 11.5 Å². The first-order valence-corrected chi connectivity index (χ1v) is 6.65. The summed E-state index contributed by atoms with van der Waals surface area (Å²) in [7, 11) is 1.77. The van der Waals surface area contributed by atoms with Gasteiger partial charge in [0.05, 0.1) is 8.49 Å². The minimum absolute atomic E-state index is 0.0461. The van der Waals surface area contributed by atoms with Crippen molar-refractivity contribution >= 4 is 34.0 Å². The highest BCUT2D eigenvalue weighted by Gasteiger charge is 2.26. The van der Waals surface area contributed by atoms with Crippen LogP contribution in [0.4, 0.5) is 15.8 Å². The summed E-state index contributed by atoms with van der Waals surface area (Å²) in [4.78, 5) is 12.4. The van der Waals surface area contributed by atoms with Gasteiger partial charge in [0.2, 0.25) is 0 Å². The molecule has 0 bridgehead atoms. The molecule has 18 heavy (non-hydrogen) atoms. The van der Waals surface area contributed by atoms with Crippen LogP contribution in [0.1, 0.15) is 6.42 Å². The van der Waals surface area contributed by atoms with Crippen LogP contribution in [-0.4, -0.2) is 31.1 Å². The van der Waals surface area contributed by atoms with Crippen LogP contribution in [0.5, 0.6) is 0 Å². The van der Waals surface area contributed by atoms with E-state index in [2.05, 4.69) is 5.32 Å². The van der Waals surface area contributed by atoms with Gasteiger partial charge in [-0.15, -0.1) is 0 Å². The van der Waals surface area contributed by atoms with Gasteiger partial charge in [-0.1, -0.05) is 0 Å². The molecule has 0 saturated carbocycles. The number of rotatable bonds is 3. The molecule has 2 rings (SSSR count). The topological polar surface area (TPSA) is 58.4 Å². The maximum atomic E-state index is 13.6. The smallest absolute Gasteiger partial charge is 0.293 e. The number of halogens is 2. The molecule has 0 aromatic heterocycles. The minimum atomic E-state index is -0.462. The largest absolute Gasteiger partial charge is 0.365 e. The Hall–Kier alpha value is -0.960. The second-order valence-electron chi connectivity index (χ2n) is 4.27. The summed E-state index contributed by atoms with van der Waals surface area (Å²) in [5, 5.41) is 14.2. The molecule has 1 atom stereocenters. The number of nitrogens with one attached hydrogen (secondary N) is 1. The number of nitrogens with zero attached hydrogens (tertiary/aromatic N) is 2. The van der Waals surface area contributed by atoms with E-state index in [4.69, 9.17) is 0 Å². The Bertz CT molecular complexity index is 478. The summed E-state index contributed by atoms with van der Waals surface area (Å²) in [6, 6.07) is 2.70. The highest BCUT2D eigenvalue weighted by atomic mass is 127. The lowest BCUT2D eigenvalue weighted by atomic mass is 10.2. The third-order valence-corrected chi connectivity index (χ3v) is 4.00. The fourth-order valence-corrected chi connectivity index (χ4v) is 2.57. The molecule has 0 spiro atoms. The van der Waals surface area contributed by atoms with Crippen LogP contribution < -0.4 is 10.2 Å². The van der Waals surface area contributed by atoms with Gasteiger partial charge in [0.25, 0.3) is 5.69 Å². The second-order valence-corrected chi connectivity index (χ2v) is 5.43. The van der Waals surface area contributed by atoms with E-state index in [1.807, 2.05) is 0 Å². The van der Waals surface area contributed by atoms with E-state index in [1.165, 1.54) is 12.1 Å². The number of anilines is 1. The van der Waals surface area contributed by atoms with Gasteiger partial charge in [0, 0.05) is 31.8 Å². The Morgan fingerprint density at radius 1 is 1.61 bits per heavy atom. The van der Waals surface area contributed by atoms with Gasteiger partial charge in [-0.25, -0.2) is 4.39 Å². The first-order valence-electron chi connectivity index (χ1n) is 5.57. The third-order valence-electron chi connectivity index (χ3n) is 3.18. The Balaban J connectivity index is 2.41. The van der Waals surface area contributed by atoms with E-state index in [9.17, 15) is 14.5 Å². The van der Waals surface area contributed by atoms with Crippen LogP contribution in [-0.2, 0) is 0 Å². The molecule has 1 aromatic carbocycles. The van der Waals surface area contributed by atoms with Crippen LogP contribution in [0, 0.1) is 19.5 Å². The van der Waals surface area contributed by atoms with Gasteiger partial charge >= 0.3 is 0 Å². The molecule has 98 valence electrons. The Morgan fingerprint density at radius 3 is 2.89 bits per heavy atom. The van der Waals surface area contributed by atoms with Crippen molar-refractivity contribution in [1.82, 2.24) is 5.32 Å². The van der Waals surface area contributed by atoms with Gasteiger partial charge < -0.3 is 10.2 Å². The van der Waals surface area contributed by atoms with Crippen molar-refractivity contribution in [2.75, 3.05) is 25.0 Å². The van der Waals surface area contributed by atoms with Crippen LogP contribution in [0.2, 0.25) is 0 Å². The minimum Gasteiger partial charge on any atom is -0.365 e. The molecule has 1 aliphatic heterocycles. The Labute approximate surface area is 118 Å². The van der Waals surface area contributed by atoms with E-state index in [0.29, 0.717) is 5.69 Å². The van der Waals surface area contributed by atoms with E-state index in [-0.39, 0.29) is 15.3 Å². The van der Waals surface area contributed by atoms with Crippen molar-refractivity contribution in [3.05, 3.63) is 31.6 Å². The van der Waals surface area contributed by atoms with Crippen molar-refractivity contribution in [3.63, 3.8) is 0 Å². The van der Waals surface area contributed by atoms with Crippen LogP contribution in [0.15, 0.2) is 12.1 Å². The van der Waals surface area contributed by atoms with E-state index >= 15 is 0 Å². The van der Waals surface area contributed by atoms with Crippen molar-refractivity contribution in [1.29, 1.82) is 0 Å². The number of hydrogen-bond acceptors (Lipinski definition) is 4. The number of benzene rings is 1. The monoisotopic (exact) mass is 365 g/mol. The number of likely N-dealkylation sites (N-methyl/N-ethyl adjacent to an activating group) is 1. The molecular formula is C11H13FIN3O2. The summed E-state index contributed by atoms with van der Waals surface area (Å²) in [5.74, 6) is -0.422. The summed E-state index contributed by atoms with van der Waals surface area (Å²) in [6.45, 7) is 1.65. The molecule has 1 heterocycles. The van der Waals surface area contributed by atoms with Crippen LogP contribution in [0.25, 0.3) is 0 Å². The Morgan fingerprint density at radius 2 is 2.33 bits per heavy atom. The third kappa shape index (κ3) is 2.56. The molecule has 0 radical (unpaired) electrons. The zero-order valence-corrected chi connectivity index (χ0v) is 12.0. The maximum Gasteiger partial charge on any atom is 0.293 e. The van der Waals surface area contributed by atoms with E-state index in [1.54, 1.807) is 34.5 Å². The normalized spacial score (nSPS) is 18.9. The predicted octanol–water partition coefficient (Wildman–Crippen LogP) is 2.14. The van der Waals surface area contributed by atoms with Gasteiger partial charge in [0.15, 0.2) is 0 Å².